The van der Waals surface area contributed by atoms with E-state index in [1.165, 1.54) is 7.11 Å². The van der Waals surface area contributed by atoms with Crippen molar-refractivity contribution in [2.75, 3.05) is 13.4 Å². The van der Waals surface area contributed by atoms with Crippen LogP contribution in [0.5, 0.6) is 0 Å². The predicted octanol–water partition coefficient (Wildman–Crippen LogP) is 1.68. The van der Waals surface area contributed by atoms with E-state index in [4.69, 9.17) is 4.18 Å². The first kappa shape index (κ1) is 17.4. The van der Waals surface area contributed by atoms with Crippen LogP contribution in [0.25, 0.3) is 0 Å². The maximum Gasteiger partial charge on any atom is 0.305 e. The molecule has 7 heteroatoms. The summed E-state index contributed by atoms with van der Waals surface area (Å²) in [6.07, 6.45) is 5.27. The topological polar surface area (TPSA) is 86.7 Å². The van der Waals surface area contributed by atoms with Gasteiger partial charge in [-0.15, -0.1) is 0 Å². The van der Waals surface area contributed by atoms with Gasteiger partial charge in [-0.25, -0.2) is 0 Å². The van der Waals surface area contributed by atoms with Crippen LogP contribution in [0.3, 0.4) is 0 Å². The van der Waals surface area contributed by atoms with Crippen molar-refractivity contribution in [3.05, 3.63) is 0 Å². The third kappa shape index (κ3) is 4.29. The van der Waals surface area contributed by atoms with Crippen LogP contribution in [-0.4, -0.2) is 39.6 Å². The molecule has 126 valence electrons. The molecule has 0 aliphatic heterocycles. The van der Waals surface area contributed by atoms with Gasteiger partial charge >= 0.3 is 5.97 Å². The van der Waals surface area contributed by atoms with Crippen LogP contribution in [0.4, 0.5) is 0 Å². The number of rotatable bonds is 8. The van der Waals surface area contributed by atoms with Gasteiger partial charge < -0.3 is 4.74 Å². The summed E-state index contributed by atoms with van der Waals surface area (Å²) in [6, 6.07) is 0. The lowest BCUT2D eigenvalue weighted by Gasteiger charge is -2.29. The van der Waals surface area contributed by atoms with Crippen molar-refractivity contribution in [3.8, 4) is 0 Å². The highest BCUT2D eigenvalue weighted by Gasteiger charge is 2.52. The number of carbonyl (C=O) groups is 2. The van der Waals surface area contributed by atoms with Crippen LogP contribution < -0.4 is 0 Å². The highest BCUT2D eigenvalue weighted by molar-refractivity contribution is 7.86. The van der Waals surface area contributed by atoms with Crippen molar-refractivity contribution in [1.82, 2.24) is 0 Å². The number of carbonyl (C=O) groups excluding carboxylic acids is 2. The van der Waals surface area contributed by atoms with Gasteiger partial charge in [0.25, 0.3) is 10.1 Å². The molecular weight excluding hydrogens is 308 g/mol. The zero-order valence-corrected chi connectivity index (χ0v) is 13.9. The van der Waals surface area contributed by atoms with Crippen LogP contribution in [0.15, 0.2) is 0 Å². The van der Waals surface area contributed by atoms with E-state index in [1.54, 1.807) is 0 Å². The molecule has 0 unspecified atom stereocenters. The van der Waals surface area contributed by atoms with E-state index in [0.29, 0.717) is 25.7 Å². The van der Waals surface area contributed by atoms with E-state index in [9.17, 15) is 18.0 Å². The molecule has 2 bridgehead atoms. The molecule has 22 heavy (non-hydrogen) atoms. The summed E-state index contributed by atoms with van der Waals surface area (Å²) >= 11 is 0. The number of ketones is 1. The molecule has 0 N–H and O–H groups in total. The molecule has 0 radical (unpaired) electrons. The summed E-state index contributed by atoms with van der Waals surface area (Å²) in [5, 5.41) is 0. The van der Waals surface area contributed by atoms with E-state index in [1.807, 2.05) is 0 Å². The van der Waals surface area contributed by atoms with Gasteiger partial charge in [0.2, 0.25) is 0 Å². The van der Waals surface area contributed by atoms with Crippen molar-refractivity contribution in [3.63, 3.8) is 0 Å². The Kier molecular flexibility index (Phi) is 5.60. The minimum absolute atomic E-state index is 0.0747. The molecule has 6 nitrogen and oxygen atoms in total. The number of ether oxygens (including phenoxy) is 1. The fraction of sp³-hybridized carbons (Fsp3) is 0.867. The lowest BCUT2D eigenvalue weighted by Crippen LogP contribution is -2.37. The summed E-state index contributed by atoms with van der Waals surface area (Å²) in [4.78, 5) is 23.5. The molecule has 0 saturated heterocycles. The zero-order valence-electron chi connectivity index (χ0n) is 13.1. The van der Waals surface area contributed by atoms with Gasteiger partial charge in [-0.1, -0.05) is 0 Å². The van der Waals surface area contributed by atoms with E-state index in [2.05, 4.69) is 4.74 Å². The number of hydrogen-bond donors (Lipinski definition) is 0. The SMILES string of the molecule is COC(=O)CCCCC(=O)[C@@H]1[C@H]2CC[C@H](C2)[C@@H]1OS(C)(=O)=O. The first-order valence-electron chi connectivity index (χ1n) is 7.79. The van der Waals surface area contributed by atoms with Gasteiger partial charge in [-0.2, -0.15) is 8.42 Å². The van der Waals surface area contributed by atoms with E-state index >= 15 is 0 Å². The summed E-state index contributed by atoms with van der Waals surface area (Å²) in [5.74, 6) is -0.0587. The summed E-state index contributed by atoms with van der Waals surface area (Å²) in [5.41, 5.74) is 0. The molecule has 4 atom stereocenters. The van der Waals surface area contributed by atoms with Gasteiger partial charge in [0.05, 0.1) is 19.5 Å². The number of esters is 1. The average Bonchev–Trinajstić information content (AvgIpc) is 3.02. The quantitative estimate of drug-likeness (QED) is 0.382. The van der Waals surface area contributed by atoms with Gasteiger partial charge in [0, 0.05) is 18.8 Å². The molecule has 0 aromatic heterocycles. The Morgan fingerprint density at radius 3 is 2.36 bits per heavy atom. The molecule has 2 aliphatic carbocycles. The van der Waals surface area contributed by atoms with E-state index in [0.717, 1.165) is 25.5 Å². The van der Waals surface area contributed by atoms with Crippen molar-refractivity contribution >= 4 is 21.9 Å². The summed E-state index contributed by atoms with van der Waals surface area (Å²) in [6.45, 7) is 0. The van der Waals surface area contributed by atoms with Crippen molar-refractivity contribution < 1.29 is 26.9 Å². The van der Waals surface area contributed by atoms with Gasteiger partial charge in [0.1, 0.15) is 5.78 Å². The predicted molar refractivity (Wildman–Crippen MR) is 79.5 cm³/mol. The van der Waals surface area contributed by atoms with Crippen molar-refractivity contribution in [2.24, 2.45) is 17.8 Å². The Hall–Kier alpha value is -0.950. The summed E-state index contributed by atoms with van der Waals surface area (Å²) in [7, 11) is -2.21. The Balaban J connectivity index is 1.88. The third-order valence-electron chi connectivity index (χ3n) is 4.78. The lowest BCUT2D eigenvalue weighted by molar-refractivity contribution is -0.141. The minimum Gasteiger partial charge on any atom is -0.469 e. The highest BCUT2D eigenvalue weighted by atomic mass is 32.2. The van der Waals surface area contributed by atoms with Crippen molar-refractivity contribution in [1.29, 1.82) is 0 Å². The third-order valence-corrected chi connectivity index (χ3v) is 5.35. The first-order chi connectivity index (χ1) is 10.3. The Bertz CT molecular complexity index is 526. The molecule has 2 aliphatic rings. The van der Waals surface area contributed by atoms with Gasteiger partial charge in [0.15, 0.2) is 0 Å². The molecule has 2 fully saturated rings. The number of Topliss-reactive ketones (excluding diaryl/α,β-unsaturated/α-hetero) is 1. The highest BCUT2D eigenvalue weighted by Crippen LogP contribution is 2.51. The molecule has 2 saturated carbocycles. The molecule has 0 amide bonds. The molecule has 0 aromatic carbocycles. The number of unbranched alkanes of at least 4 members (excludes halogenated alkanes) is 1. The van der Waals surface area contributed by atoms with Crippen LogP contribution in [0.1, 0.15) is 44.9 Å². The second-order valence-electron chi connectivity index (χ2n) is 6.37. The number of fused-ring (bicyclic) bond motifs is 2. The standard InChI is InChI=1S/C15H24O6S/c1-20-13(17)6-4-3-5-12(16)14-10-7-8-11(9-10)15(14)21-22(2,18)19/h10-11,14-15H,3-9H2,1-2H3/t10-,11+,14-,15-/m0/s1. The number of hydrogen-bond acceptors (Lipinski definition) is 6. The maximum atomic E-state index is 12.5. The van der Waals surface area contributed by atoms with Gasteiger partial charge in [-0.05, 0) is 43.9 Å². The Labute approximate surface area is 131 Å². The Morgan fingerprint density at radius 1 is 1.09 bits per heavy atom. The van der Waals surface area contributed by atoms with E-state index < -0.39 is 16.2 Å². The van der Waals surface area contributed by atoms with Crippen LogP contribution >= 0.6 is 0 Å². The fourth-order valence-electron chi connectivity index (χ4n) is 3.86. The first-order valence-corrected chi connectivity index (χ1v) is 9.61. The Morgan fingerprint density at radius 2 is 1.73 bits per heavy atom. The molecular formula is C15H24O6S. The fourth-order valence-corrected chi connectivity index (χ4v) is 4.54. The number of methoxy groups -OCH3 is 1. The second kappa shape index (κ2) is 7.08. The summed E-state index contributed by atoms with van der Waals surface area (Å²) < 4.78 is 32.6. The molecule has 2 rings (SSSR count). The van der Waals surface area contributed by atoms with Crippen LogP contribution in [0.2, 0.25) is 0 Å². The smallest absolute Gasteiger partial charge is 0.305 e. The van der Waals surface area contributed by atoms with Crippen LogP contribution in [0, 0.1) is 17.8 Å². The van der Waals surface area contributed by atoms with Gasteiger partial charge in [-0.3, -0.25) is 13.8 Å². The van der Waals surface area contributed by atoms with Crippen molar-refractivity contribution in [2.45, 2.75) is 51.0 Å². The lowest BCUT2D eigenvalue weighted by atomic mass is 9.82. The largest absolute Gasteiger partial charge is 0.469 e. The average molecular weight is 332 g/mol. The maximum absolute atomic E-state index is 12.5. The minimum atomic E-state index is -3.55. The molecule has 0 spiro atoms. The van der Waals surface area contributed by atoms with E-state index in [-0.39, 0.29) is 29.5 Å². The van der Waals surface area contributed by atoms with Crippen LogP contribution in [-0.2, 0) is 28.6 Å². The monoisotopic (exact) mass is 332 g/mol. The molecule has 0 aromatic rings. The normalized spacial score (nSPS) is 30.5. The zero-order chi connectivity index (χ0) is 16.3. The second-order valence-corrected chi connectivity index (χ2v) is 7.97. The molecule has 0 heterocycles.